The van der Waals surface area contributed by atoms with Crippen molar-refractivity contribution < 1.29 is 9.84 Å². The fourth-order valence-corrected chi connectivity index (χ4v) is 1.54. The van der Waals surface area contributed by atoms with Crippen molar-refractivity contribution in [1.82, 2.24) is 0 Å². The summed E-state index contributed by atoms with van der Waals surface area (Å²) in [5, 5.41) is 9.15. The summed E-state index contributed by atoms with van der Waals surface area (Å²) in [6, 6.07) is 5.74. The molecule has 0 radical (unpaired) electrons. The van der Waals surface area contributed by atoms with Crippen LogP contribution < -0.4 is 15.4 Å². The number of hydrogen-bond acceptors (Lipinski definition) is 4. The molecule has 1 aromatic carbocycles. The first-order chi connectivity index (χ1) is 8.11. The Kier molecular flexibility index (Phi) is 5.10. The first-order valence-electron chi connectivity index (χ1n) is 5.96. The fourth-order valence-electron chi connectivity index (χ4n) is 1.54. The number of benzene rings is 1. The molecule has 0 bridgehead atoms. The molecule has 1 rings (SSSR count). The molecule has 4 heteroatoms. The zero-order chi connectivity index (χ0) is 12.8. The fraction of sp³-hybridized carbons (Fsp3) is 0.538. The number of hydrogen-bond donors (Lipinski definition) is 2. The lowest BCUT2D eigenvalue weighted by Crippen LogP contribution is -2.32. The normalized spacial score (nSPS) is 12.2. The number of nitrogen functional groups attached to an aromatic ring is 1. The van der Waals surface area contributed by atoms with Crippen molar-refractivity contribution in [2.24, 2.45) is 0 Å². The minimum absolute atomic E-state index is 0.0266. The van der Waals surface area contributed by atoms with Crippen LogP contribution >= 0.6 is 0 Å². The van der Waals surface area contributed by atoms with Gasteiger partial charge in [-0.25, -0.2) is 0 Å². The van der Waals surface area contributed by atoms with Gasteiger partial charge < -0.3 is 20.5 Å². The standard InChI is InChI=1S/C13H22N2O2/c1-4-8-17-12-7-5-6-11(13(12)14)15(3)10(2)9-16/h5-7,10,16H,4,8-9,14H2,1-3H3. The Hall–Kier alpha value is -1.42. The van der Waals surface area contributed by atoms with E-state index >= 15 is 0 Å². The maximum absolute atomic E-state index is 9.15. The number of nitrogens with two attached hydrogens (primary N) is 1. The summed E-state index contributed by atoms with van der Waals surface area (Å²) in [5.74, 6) is 0.710. The molecule has 0 fully saturated rings. The van der Waals surface area contributed by atoms with Crippen LogP contribution in [0.25, 0.3) is 0 Å². The van der Waals surface area contributed by atoms with Crippen LogP contribution in [0.4, 0.5) is 11.4 Å². The number of aliphatic hydroxyl groups is 1. The first-order valence-corrected chi connectivity index (χ1v) is 5.96. The molecule has 0 saturated carbocycles. The average Bonchev–Trinajstić information content (AvgIpc) is 2.35. The third-order valence-corrected chi connectivity index (χ3v) is 2.81. The van der Waals surface area contributed by atoms with Gasteiger partial charge >= 0.3 is 0 Å². The maximum Gasteiger partial charge on any atom is 0.144 e. The van der Waals surface area contributed by atoms with Gasteiger partial charge in [0.25, 0.3) is 0 Å². The van der Waals surface area contributed by atoms with Crippen molar-refractivity contribution >= 4 is 11.4 Å². The van der Waals surface area contributed by atoms with E-state index in [-0.39, 0.29) is 12.6 Å². The molecule has 3 N–H and O–H groups in total. The molecule has 0 saturated heterocycles. The topological polar surface area (TPSA) is 58.7 Å². The smallest absolute Gasteiger partial charge is 0.144 e. The van der Waals surface area contributed by atoms with E-state index in [1.54, 1.807) is 0 Å². The van der Waals surface area contributed by atoms with Crippen molar-refractivity contribution in [3.63, 3.8) is 0 Å². The van der Waals surface area contributed by atoms with Crippen LogP contribution in [0.2, 0.25) is 0 Å². The van der Waals surface area contributed by atoms with E-state index in [2.05, 4.69) is 6.92 Å². The molecule has 0 heterocycles. The number of aliphatic hydroxyl groups excluding tert-OH is 1. The number of anilines is 2. The average molecular weight is 238 g/mol. The van der Waals surface area contributed by atoms with Crippen molar-refractivity contribution in [2.75, 3.05) is 30.9 Å². The molecular weight excluding hydrogens is 216 g/mol. The molecule has 0 aliphatic rings. The Labute approximate surface area is 103 Å². The summed E-state index contributed by atoms with van der Waals surface area (Å²) in [5.41, 5.74) is 7.59. The van der Waals surface area contributed by atoms with Gasteiger partial charge in [0.05, 0.1) is 24.6 Å². The Bertz CT molecular complexity index is 355. The second kappa shape index (κ2) is 6.35. The lowest BCUT2D eigenvalue weighted by atomic mass is 10.2. The van der Waals surface area contributed by atoms with E-state index in [9.17, 15) is 0 Å². The molecule has 1 atom stereocenters. The zero-order valence-electron chi connectivity index (χ0n) is 10.8. The minimum Gasteiger partial charge on any atom is -0.491 e. The first kappa shape index (κ1) is 13.6. The maximum atomic E-state index is 9.15. The molecule has 96 valence electrons. The molecular formula is C13H22N2O2. The Morgan fingerprint density at radius 3 is 2.76 bits per heavy atom. The third-order valence-electron chi connectivity index (χ3n) is 2.81. The number of rotatable bonds is 6. The molecule has 17 heavy (non-hydrogen) atoms. The Balaban J connectivity index is 2.93. The van der Waals surface area contributed by atoms with Gasteiger partial charge in [-0.1, -0.05) is 13.0 Å². The van der Waals surface area contributed by atoms with Crippen LogP contribution in [0.1, 0.15) is 20.3 Å². The lowest BCUT2D eigenvalue weighted by molar-refractivity contribution is 0.270. The molecule has 0 spiro atoms. The van der Waals surface area contributed by atoms with E-state index < -0.39 is 0 Å². The van der Waals surface area contributed by atoms with Crippen LogP contribution in [0.5, 0.6) is 5.75 Å². The highest BCUT2D eigenvalue weighted by Gasteiger charge is 2.14. The van der Waals surface area contributed by atoms with Gasteiger partial charge in [0, 0.05) is 13.1 Å². The highest BCUT2D eigenvalue weighted by molar-refractivity contribution is 5.74. The van der Waals surface area contributed by atoms with Crippen LogP contribution in [0.15, 0.2) is 18.2 Å². The van der Waals surface area contributed by atoms with Crippen molar-refractivity contribution in [3.05, 3.63) is 18.2 Å². The van der Waals surface area contributed by atoms with Crippen molar-refractivity contribution in [1.29, 1.82) is 0 Å². The van der Waals surface area contributed by atoms with Gasteiger partial charge in [0.1, 0.15) is 5.75 Å². The van der Waals surface area contributed by atoms with Crippen LogP contribution in [-0.4, -0.2) is 31.4 Å². The van der Waals surface area contributed by atoms with Gasteiger partial charge in [-0.15, -0.1) is 0 Å². The number of nitrogens with zero attached hydrogens (tertiary/aromatic N) is 1. The predicted molar refractivity (Wildman–Crippen MR) is 71.6 cm³/mol. The van der Waals surface area contributed by atoms with Crippen molar-refractivity contribution in [2.45, 2.75) is 26.3 Å². The summed E-state index contributed by atoms with van der Waals surface area (Å²) in [6.45, 7) is 4.75. The third kappa shape index (κ3) is 3.27. The number of likely N-dealkylation sites (N-methyl/N-ethyl adjacent to an activating group) is 1. The second-order valence-electron chi connectivity index (χ2n) is 4.18. The summed E-state index contributed by atoms with van der Waals surface area (Å²) >= 11 is 0. The van der Waals surface area contributed by atoms with Gasteiger partial charge in [-0.3, -0.25) is 0 Å². The van der Waals surface area contributed by atoms with Crippen molar-refractivity contribution in [3.8, 4) is 5.75 Å². The molecule has 0 aliphatic heterocycles. The van der Waals surface area contributed by atoms with Crippen LogP contribution in [0.3, 0.4) is 0 Å². The van der Waals surface area contributed by atoms with E-state index in [4.69, 9.17) is 15.6 Å². The summed E-state index contributed by atoms with van der Waals surface area (Å²) in [4.78, 5) is 1.95. The van der Waals surface area contributed by atoms with Gasteiger partial charge in [0.15, 0.2) is 0 Å². The zero-order valence-corrected chi connectivity index (χ0v) is 10.8. The SMILES string of the molecule is CCCOc1cccc(N(C)C(C)CO)c1N. The van der Waals surface area contributed by atoms with E-state index in [1.165, 1.54) is 0 Å². The number of para-hydroxylation sites is 1. The molecule has 0 aromatic heterocycles. The Morgan fingerprint density at radius 1 is 1.47 bits per heavy atom. The summed E-state index contributed by atoms with van der Waals surface area (Å²) in [6.07, 6.45) is 0.951. The summed E-state index contributed by atoms with van der Waals surface area (Å²) in [7, 11) is 1.91. The monoisotopic (exact) mass is 238 g/mol. The largest absolute Gasteiger partial charge is 0.491 e. The van der Waals surface area contributed by atoms with E-state index in [0.717, 1.165) is 12.1 Å². The van der Waals surface area contributed by atoms with E-state index in [1.807, 2.05) is 37.1 Å². The van der Waals surface area contributed by atoms with Crippen LogP contribution in [0, 0.1) is 0 Å². The quantitative estimate of drug-likeness (QED) is 0.743. The van der Waals surface area contributed by atoms with Gasteiger partial charge in [0.2, 0.25) is 0 Å². The second-order valence-corrected chi connectivity index (χ2v) is 4.18. The highest BCUT2D eigenvalue weighted by Crippen LogP contribution is 2.32. The van der Waals surface area contributed by atoms with Gasteiger partial charge in [-0.05, 0) is 25.5 Å². The number of ether oxygens (including phenoxy) is 1. The highest BCUT2D eigenvalue weighted by atomic mass is 16.5. The molecule has 0 aliphatic carbocycles. The summed E-state index contributed by atoms with van der Waals surface area (Å²) < 4.78 is 5.58. The Morgan fingerprint density at radius 2 is 2.18 bits per heavy atom. The van der Waals surface area contributed by atoms with E-state index in [0.29, 0.717) is 18.0 Å². The molecule has 1 unspecified atom stereocenters. The lowest BCUT2D eigenvalue weighted by Gasteiger charge is -2.27. The molecule has 4 nitrogen and oxygen atoms in total. The molecule has 1 aromatic rings. The minimum atomic E-state index is 0.0266. The van der Waals surface area contributed by atoms with Crippen LogP contribution in [-0.2, 0) is 0 Å². The predicted octanol–water partition coefficient (Wildman–Crippen LogP) is 1.87. The van der Waals surface area contributed by atoms with Gasteiger partial charge in [-0.2, -0.15) is 0 Å². The molecule has 0 amide bonds.